The zero-order valence-electron chi connectivity index (χ0n) is 12.1. The van der Waals surface area contributed by atoms with Gasteiger partial charge in [0.1, 0.15) is 0 Å². The van der Waals surface area contributed by atoms with Gasteiger partial charge in [0.25, 0.3) is 0 Å². The molecule has 0 aromatic heterocycles. The van der Waals surface area contributed by atoms with Gasteiger partial charge in [-0.1, -0.05) is 13.8 Å². The minimum atomic E-state index is 0. The van der Waals surface area contributed by atoms with Crippen LogP contribution in [0.1, 0.15) is 52.4 Å². The zero-order valence-corrected chi connectivity index (χ0v) is 12.9. The van der Waals surface area contributed by atoms with E-state index < -0.39 is 0 Å². The first kappa shape index (κ1) is 15.1. The maximum absolute atomic E-state index is 12.0. The largest absolute Gasteiger partial charge is 0.356 e. The predicted octanol–water partition coefficient (Wildman–Crippen LogP) is 2.49. The van der Waals surface area contributed by atoms with E-state index in [1.165, 1.54) is 32.1 Å². The molecule has 2 N–H and O–H groups in total. The molecule has 0 aromatic rings. The SMILES string of the molecule is CC1(C)CC1CNC(=O)CC1CC2CCC(C1)N2.Cl. The lowest BCUT2D eigenvalue weighted by Gasteiger charge is -2.28. The number of halogens is 1. The molecule has 0 radical (unpaired) electrons. The van der Waals surface area contributed by atoms with E-state index in [1.807, 2.05) is 0 Å². The van der Waals surface area contributed by atoms with Gasteiger partial charge in [-0.25, -0.2) is 0 Å². The highest BCUT2D eigenvalue weighted by Crippen LogP contribution is 2.51. The van der Waals surface area contributed by atoms with E-state index >= 15 is 0 Å². The number of fused-ring (bicyclic) bond motifs is 2. The number of carbonyl (C=O) groups is 1. The summed E-state index contributed by atoms with van der Waals surface area (Å²) in [4.78, 5) is 12.0. The Morgan fingerprint density at radius 3 is 2.37 bits per heavy atom. The Hall–Kier alpha value is -0.280. The van der Waals surface area contributed by atoms with Gasteiger partial charge in [0, 0.05) is 25.0 Å². The van der Waals surface area contributed by atoms with Crippen LogP contribution in [0.3, 0.4) is 0 Å². The van der Waals surface area contributed by atoms with Gasteiger partial charge in [-0.15, -0.1) is 12.4 Å². The molecule has 3 aliphatic rings. The summed E-state index contributed by atoms with van der Waals surface area (Å²) >= 11 is 0. The molecular formula is C15H27ClN2O. The highest BCUT2D eigenvalue weighted by atomic mass is 35.5. The van der Waals surface area contributed by atoms with Crippen molar-refractivity contribution >= 4 is 18.3 Å². The smallest absolute Gasteiger partial charge is 0.220 e. The number of hydrogen-bond donors (Lipinski definition) is 2. The second kappa shape index (κ2) is 5.61. The van der Waals surface area contributed by atoms with Crippen LogP contribution >= 0.6 is 12.4 Å². The molecule has 2 aliphatic heterocycles. The summed E-state index contributed by atoms with van der Waals surface area (Å²) in [7, 11) is 0. The highest BCUT2D eigenvalue weighted by Gasteiger charge is 2.45. The first-order valence-corrected chi connectivity index (χ1v) is 7.56. The second-order valence-corrected chi connectivity index (χ2v) is 7.37. The van der Waals surface area contributed by atoms with Crippen LogP contribution in [0.5, 0.6) is 0 Å². The maximum Gasteiger partial charge on any atom is 0.220 e. The van der Waals surface area contributed by atoms with Crippen LogP contribution in [0.4, 0.5) is 0 Å². The Morgan fingerprint density at radius 1 is 1.26 bits per heavy atom. The zero-order chi connectivity index (χ0) is 12.8. The summed E-state index contributed by atoms with van der Waals surface area (Å²) in [5.74, 6) is 1.62. The van der Waals surface area contributed by atoms with Crippen molar-refractivity contribution in [2.75, 3.05) is 6.54 Å². The van der Waals surface area contributed by atoms with Crippen molar-refractivity contribution < 1.29 is 4.79 Å². The fourth-order valence-corrected chi connectivity index (χ4v) is 3.84. The van der Waals surface area contributed by atoms with Gasteiger partial charge in [-0.3, -0.25) is 4.79 Å². The molecule has 110 valence electrons. The molecule has 2 saturated heterocycles. The first-order chi connectivity index (χ1) is 8.53. The Morgan fingerprint density at radius 2 is 1.84 bits per heavy atom. The fourth-order valence-electron chi connectivity index (χ4n) is 3.84. The standard InChI is InChI=1S/C15H26N2O.ClH/c1-15(2)8-11(15)9-16-14(18)7-10-5-12-3-4-13(6-10)17-12;/h10-13,17H,3-9H2,1-2H3,(H,16,18);1H. The highest BCUT2D eigenvalue weighted by molar-refractivity contribution is 5.85. The van der Waals surface area contributed by atoms with Crippen LogP contribution < -0.4 is 10.6 Å². The molecule has 3 fully saturated rings. The van der Waals surface area contributed by atoms with Gasteiger partial charge in [0.2, 0.25) is 5.91 Å². The van der Waals surface area contributed by atoms with Crippen LogP contribution in [0.15, 0.2) is 0 Å². The van der Waals surface area contributed by atoms with Gasteiger partial charge in [0.05, 0.1) is 0 Å². The molecule has 19 heavy (non-hydrogen) atoms. The van der Waals surface area contributed by atoms with Crippen molar-refractivity contribution in [2.45, 2.75) is 64.5 Å². The fraction of sp³-hybridized carbons (Fsp3) is 0.933. The van der Waals surface area contributed by atoms with Crippen LogP contribution in [0.25, 0.3) is 0 Å². The summed E-state index contributed by atoms with van der Waals surface area (Å²) in [6.45, 7) is 5.46. The van der Waals surface area contributed by atoms with E-state index in [-0.39, 0.29) is 18.3 Å². The summed E-state index contributed by atoms with van der Waals surface area (Å²) in [6.07, 6.45) is 7.07. The average molecular weight is 287 g/mol. The Bertz CT molecular complexity index is 333. The number of rotatable bonds is 4. The van der Waals surface area contributed by atoms with E-state index in [2.05, 4.69) is 24.5 Å². The molecule has 3 unspecified atom stereocenters. The van der Waals surface area contributed by atoms with Crippen molar-refractivity contribution in [1.82, 2.24) is 10.6 Å². The van der Waals surface area contributed by atoms with Gasteiger partial charge in [0.15, 0.2) is 0 Å². The molecule has 3 atom stereocenters. The second-order valence-electron chi connectivity index (χ2n) is 7.37. The molecule has 4 heteroatoms. The monoisotopic (exact) mass is 286 g/mol. The van der Waals surface area contributed by atoms with Crippen molar-refractivity contribution in [1.29, 1.82) is 0 Å². The number of nitrogens with one attached hydrogen (secondary N) is 2. The van der Waals surface area contributed by atoms with Gasteiger partial charge in [-0.05, 0) is 49.4 Å². The molecule has 2 heterocycles. The van der Waals surface area contributed by atoms with Crippen molar-refractivity contribution in [3.8, 4) is 0 Å². The Balaban J connectivity index is 0.00000133. The third-order valence-electron chi connectivity index (χ3n) is 5.31. The van der Waals surface area contributed by atoms with Crippen molar-refractivity contribution in [3.05, 3.63) is 0 Å². The predicted molar refractivity (Wildman–Crippen MR) is 79.4 cm³/mol. The summed E-state index contributed by atoms with van der Waals surface area (Å²) < 4.78 is 0. The Labute approximate surface area is 122 Å². The van der Waals surface area contributed by atoms with E-state index in [0.29, 0.717) is 29.3 Å². The van der Waals surface area contributed by atoms with Crippen molar-refractivity contribution in [3.63, 3.8) is 0 Å². The molecular weight excluding hydrogens is 260 g/mol. The summed E-state index contributed by atoms with van der Waals surface area (Å²) in [6, 6.07) is 1.40. The number of hydrogen-bond acceptors (Lipinski definition) is 2. The minimum Gasteiger partial charge on any atom is -0.356 e. The van der Waals surface area contributed by atoms with E-state index in [0.717, 1.165) is 13.0 Å². The third-order valence-corrected chi connectivity index (χ3v) is 5.31. The molecule has 0 spiro atoms. The van der Waals surface area contributed by atoms with Crippen LogP contribution in [-0.4, -0.2) is 24.5 Å². The van der Waals surface area contributed by atoms with E-state index in [9.17, 15) is 4.79 Å². The van der Waals surface area contributed by atoms with Crippen LogP contribution in [0, 0.1) is 17.3 Å². The number of piperidine rings is 1. The molecule has 1 saturated carbocycles. The summed E-state index contributed by atoms with van der Waals surface area (Å²) in [5, 5.41) is 6.77. The lowest BCUT2D eigenvalue weighted by atomic mass is 9.89. The molecule has 0 aromatic carbocycles. The molecule has 3 rings (SSSR count). The lowest BCUT2D eigenvalue weighted by molar-refractivity contribution is -0.122. The van der Waals surface area contributed by atoms with Crippen LogP contribution in [0.2, 0.25) is 0 Å². The van der Waals surface area contributed by atoms with Gasteiger partial charge < -0.3 is 10.6 Å². The normalized spacial score (nSPS) is 38.4. The molecule has 1 amide bonds. The average Bonchev–Trinajstić information content (AvgIpc) is 2.77. The first-order valence-electron chi connectivity index (χ1n) is 7.56. The number of amides is 1. The third kappa shape index (κ3) is 3.63. The van der Waals surface area contributed by atoms with E-state index in [4.69, 9.17) is 0 Å². The lowest BCUT2D eigenvalue weighted by Crippen LogP contribution is -2.40. The maximum atomic E-state index is 12.0. The topological polar surface area (TPSA) is 41.1 Å². The quantitative estimate of drug-likeness (QED) is 0.834. The molecule has 3 nitrogen and oxygen atoms in total. The summed E-state index contributed by atoms with van der Waals surface area (Å²) in [5.41, 5.74) is 0.473. The molecule has 1 aliphatic carbocycles. The molecule has 2 bridgehead atoms. The van der Waals surface area contributed by atoms with Gasteiger partial charge in [-0.2, -0.15) is 0 Å². The van der Waals surface area contributed by atoms with Gasteiger partial charge >= 0.3 is 0 Å². The minimum absolute atomic E-state index is 0. The van der Waals surface area contributed by atoms with E-state index in [1.54, 1.807) is 0 Å². The van der Waals surface area contributed by atoms with Crippen molar-refractivity contribution in [2.24, 2.45) is 17.3 Å². The van der Waals surface area contributed by atoms with Crippen LogP contribution in [-0.2, 0) is 4.79 Å². The number of carbonyl (C=O) groups excluding carboxylic acids is 1. The Kier molecular flexibility index (Phi) is 4.46.